The highest BCUT2D eigenvalue weighted by atomic mass is 79.9. The fourth-order valence-electron chi connectivity index (χ4n) is 1.20. The molecular weight excluding hydrogens is 270 g/mol. The Morgan fingerprint density at radius 1 is 1.50 bits per heavy atom. The van der Waals surface area contributed by atoms with Crippen molar-refractivity contribution in [1.82, 2.24) is 0 Å². The van der Waals surface area contributed by atoms with Gasteiger partial charge in [0.1, 0.15) is 11.9 Å². The number of nitrogens with zero attached hydrogens (tertiary/aromatic N) is 1. The molecule has 0 aliphatic carbocycles. The Bertz CT molecular complexity index is 387. The predicted octanol–water partition coefficient (Wildman–Crippen LogP) is 3.12. The molecule has 0 bridgehead atoms. The summed E-state index contributed by atoms with van der Waals surface area (Å²) in [6.45, 7) is 5.13. The summed E-state index contributed by atoms with van der Waals surface area (Å²) in [6, 6.07) is 7.32. The minimum atomic E-state index is -0.0100. The smallest absolute Gasteiger partial charge is 0.134 e. The zero-order chi connectivity index (χ0) is 12.0. The topological polar surface area (TPSA) is 42.2 Å². The minimum Gasteiger partial charge on any atom is -0.487 e. The van der Waals surface area contributed by atoms with Crippen molar-refractivity contribution in [1.29, 1.82) is 5.26 Å². The third-order valence-electron chi connectivity index (χ3n) is 1.95. The molecule has 86 valence electrons. The molecule has 0 aliphatic rings. The van der Waals surface area contributed by atoms with Gasteiger partial charge in [0, 0.05) is 6.61 Å². The number of ether oxygens (including phenoxy) is 2. The van der Waals surface area contributed by atoms with Crippen molar-refractivity contribution in [3.8, 4) is 11.8 Å². The lowest BCUT2D eigenvalue weighted by Gasteiger charge is -2.15. The van der Waals surface area contributed by atoms with Crippen LogP contribution in [-0.4, -0.2) is 19.3 Å². The summed E-state index contributed by atoms with van der Waals surface area (Å²) in [5.41, 5.74) is 0.608. The Labute approximate surface area is 104 Å². The van der Waals surface area contributed by atoms with Crippen molar-refractivity contribution in [3.05, 3.63) is 28.2 Å². The normalized spacial score (nSPS) is 11.9. The van der Waals surface area contributed by atoms with Crippen LogP contribution in [0, 0.1) is 11.3 Å². The highest BCUT2D eigenvalue weighted by Crippen LogP contribution is 2.26. The van der Waals surface area contributed by atoms with Gasteiger partial charge >= 0.3 is 0 Å². The van der Waals surface area contributed by atoms with Crippen molar-refractivity contribution in [2.24, 2.45) is 0 Å². The third kappa shape index (κ3) is 3.84. The van der Waals surface area contributed by atoms with E-state index in [1.165, 1.54) is 0 Å². The maximum absolute atomic E-state index is 8.72. The molecule has 1 atom stereocenters. The molecule has 16 heavy (non-hydrogen) atoms. The van der Waals surface area contributed by atoms with Crippen molar-refractivity contribution >= 4 is 15.9 Å². The van der Waals surface area contributed by atoms with Gasteiger partial charge in [-0.05, 0) is 48.0 Å². The first-order valence-corrected chi connectivity index (χ1v) is 5.90. The van der Waals surface area contributed by atoms with Gasteiger partial charge in [0.2, 0.25) is 0 Å². The Kier molecular flexibility index (Phi) is 5.30. The molecule has 0 saturated heterocycles. The average molecular weight is 284 g/mol. The molecule has 0 amide bonds. The van der Waals surface area contributed by atoms with E-state index in [1.807, 2.05) is 13.8 Å². The molecule has 0 N–H and O–H groups in total. The third-order valence-corrected chi connectivity index (χ3v) is 2.57. The number of rotatable bonds is 5. The molecule has 0 saturated carbocycles. The largest absolute Gasteiger partial charge is 0.487 e. The lowest BCUT2D eigenvalue weighted by Crippen LogP contribution is -2.19. The number of hydrogen-bond acceptors (Lipinski definition) is 3. The summed E-state index contributed by atoms with van der Waals surface area (Å²) < 4.78 is 11.7. The van der Waals surface area contributed by atoms with Crippen LogP contribution >= 0.6 is 15.9 Å². The first-order valence-electron chi connectivity index (χ1n) is 5.11. The van der Waals surface area contributed by atoms with Gasteiger partial charge in [0.25, 0.3) is 0 Å². The molecule has 1 aromatic carbocycles. The molecule has 1 aromatic rings. The van der Waals surface area contributed by atoms with Crippen LogP contribution < -0.4 is 4.74 Å². The monoisotopic (exact) mass is 283 g/mol. The van der Waals surface area contributed by atoms with Crippen LogP contribution in [0.4, 0.5) is 0 Å². The predicted molar refractivity (Wildman–Crippen MR) is 65.4 cm³/mol. The maximum Gasteiger partial charge on any atom is 0.134 e. The SMILES string of the molecule is CCOCC(C)Oc1ccc(C#N)cc1Br. The van der Waals surface area contributed by atoms with Crippen LogP contribution in [0.3, 0.4) is 0 Å². The molecule has 0 spiro atoms. The zero-order valence-electron chi connectivity index (χ0n) is 9.37. The number of benzene rings is 1. The van der Waals surface area contributed by atoms with Gasteiger partial charge in [-0.3, -0.25) is 0 Å². The quantitative estimate of drug-likeness (QED) is 0.834. The van der Waals surface area contributed by atoms with Gasteiger partial charge in [-0.2, -0.15) is 5.26 Å². The lowest BCUT2D eigenvalue weighted by molar-refractivity contribution is 0.0653. The van der Waals surface area contributed by atoms with Crippen molar-refractivity contribution in [3.63, 3.8) is 0 Å². The molecule has 1 unspecified atom stereocenters. The fraction of sp³-hybridized carbons (Fsp3) is 0.417. The van der Waals surface area contributed by atoms with Gasteiger partial charge in [0.15, 0.2) is 0 Å². The van der Waals surface area contributed by atoms with Crippen LogP contribution in [-0.2, 0) is 4.74 Å². The van der Waals surface area contributed by atoms with Gasteiger partial charge in [-0.25, -0.2) is 0 Å². The van der Waals surface area contributed by atoms with E-state index >= 15 is 0 Å². The van der Waals surface area contributed by atoms with Gasteiger partial charge < -0.3 is 9.47 Å². The summed E-state index contributed by atoms with van der Waals surface area (Å²) in [7, 11) is 0. The fourth-order valence-corrected chi connectivity index (χ4v) is 1.67. The van der Waals surface area contributed by atoms with Crippen LogP contribution in [0.15, 0.2) is 22.7 Å². The van der Waals surface area contributed by atoms with Crippen LogP contribution in [0.5, 0.6) is 5.75 Å². The second kappa shape index (κ2) is 6.51. The van der Waals surface area contributed by atoms with Crippen LogP contribution in [0.1, 0.15) is 19.4 Å². The summed E-state index contributed by atoms with van der Waals surface area (Å²) >= 11 is 3.37. The van der Waals surface area contributed by atoms with E-state index < -0.39 is 0 Å². The minimum absolute atomic E-state index is 0.0100. The van der Waals surface area contributed by atoms with E-state index in [4.69, 9.17) is 14.7 Å². The zero-order valence-corrected chi connectivity index (χ0v) is 11.0. The van der Waals surface area contributed by atoms with E-state index in [9.17, 15) is 0 Å². The maximum atomic E-state index is 8.72. The first-order chi connectivity index (χ1) is 7.67. The molecule has 3 nitrogen and oxygen atoms in total. The van der Waals surface area contributed by atoms with Crippen molar-refractivity contribution in [2.45, 2.75) is 20.0 Å². The van der Waals surface area contributed by atoms with Gasteiger partial charge in [-0.1, -0.05) is 0 Å². The van der Waals surface area contributed by atoms with E-state index in [2.05, 4.69) is 22.0 Å². The summed E-state index contributed by atoms with van der Waals surface area (Å²) in [5, 5.41) is 8.72. The summed E-state index contributed by atoms with van der Waals surface area (Å²) in [4.78, 5) is 0. The van der Waals surface area contributed by atoms with Crippen molar-refractivity contribution in [2.75, 3.05) is 13.2 Å². The average Bonchev–Trinajstić information content (AvgIpc) is 2.29. The molecule has 4 heteroatoms. The van der Waals surface area contributed by atoms with E-state index in [1.54, 1.807) is 18.2 Å². The van der Waals surface area contributed by atoms with E-state index in [-0.39, 0.29) is 6.10 Å². The Balaban J connectivity index is 2.64. The molecule has 0 aliphatic heterocycles. The molecule has 1 rings (SSSR count). The van der Waals surface area contributed by atoms with Gasteiger partial charge in [-0.15, -0.1) is 0 Å². The summed E-state index contributed by atoms with van der Waals surface area (Å²) in [5.74, 6) is 0.728. The standard InChI is InChI=1S/C12H14BrNO2/c1-3-15-8-9(2)16-12-5-4-10(7-14)6-11(12)13/h4-6,9H,3,8H2,1-2H3. The van der Waals surface area contributed by atoms with E-state index in [0.717, 1.165) is 10.2 Å². The van der Waals surface area contributed by atoms with E-state index in [0.29, 0.717) is 18.8 Å². The summed E-state index contributed by atoms with van der Waals surface area (Å²) in [6.07, 6.45) is -0.0100. The highest BCUT2D eigenvalue weighted by molar-refractivity contribution is 9.10. The number of halogens is 1. The van der Waals surface area contributed by atoms with Crippen molar-refractivity contribution < 1.29 is 9.47 Å². The highest BCUT2D eigenvalue weighted by Gasteiger charge is 2.07. The van der Waals surface area contributed by atoms with Gasteiger partial charge in [0.05, 0.1) is 22.7 Å². The molecule has 0 aromatic heterocycles. The number of nitriles is 1. The Hall–Kier alpha value is -1.05. The molecule has 0 heterocycles. The second-order valence-electron chi connectivity index (χ2n) is 3.34. The first kappa shape index (κ1) is 13.0. The second-order valence-corrected chi connectivity index (χ2v) is 4.20. The molecule has 0 radical (unpaired) electrons. The lowest BCUT2D eigenvalue weighted by atomic mass is 10.2. The Morgan fingerprint density at radius 2 is 2.25 bits per heavy atom. The molecular formula is C12H14BrNO2. The molecule has 0 fully saturated rings. The Morgan fingerprint density at radius 3 is 2.81 bits per heavy atom. The number of hydrogen-bond donors (Lipinski definition) is 0. The van der Waals surface area contributed by atoms with Crippen LogP contribution in [0.25, 0.3) is 0 Å². The van der Waals surface area contributed by atoms with Crippen LogP contribution in [0.2, 0.25) is 0 Å².